The summed E-state index contributed by atoms with van der Waals surface area (Å²) in [5.74, 6) is 0. The zero-order valence-electron chi connectivity index (χ0n) is 13.0. The van der Waals surface area contributed by atoms with Crippen LogP contribution >= 0.6 is 0 Å². The molecule has 0 aliphatic carbocycles. The van der Waals surface area contributed by atoms with Crippen LogP contribution in [0, 0.1) is 0 Å². The Balaban J connectivity index is 2.80. The average Bonchev–Trinajstić information content (AvgIpc) is 2.79. The second kappa shape index (κ2) is 7.79. The smallest absolute Gasteiger partial charge is 0.370 e. The lowest BCUT2D eigenvalue weighted by Crippen LogP contribution is -2.20. The molecule has 1 heterocycles. The van der Waals surface area contributed by atoms with Gasteiger partial charge in [0.05, 0.1) is 18.8 Å². The molecule has 0 spiro atoms. The molecule has 1 rings (SSSR count). The van der Waals surface area contributed by atoms with E-state index in [2.05, 4.69) is 22.1 Å². The minimum Gasteiger partial charge on any atom is -0.370 e. The lowest BCUT2D eigenvalue weighted by molar-refractivity contribution is -0.174. The van der Waals surface area contributed by atoms with Gasteiger partial charge in [-0.3, -0.25) is 4.68 Å². The Morgan fingerprint density at radius 2 is 1.95 bits per heavy atom. The molecule has 0 amide bonds. The first kappa shape index (κ1) is 18.0. The van der Waals surface area contributed by atoms with Crippen molar-refractivity contribution in [2.75, 3.05) is 20.3 Å². The molecule has 0 radical (unpaired) electrons. The normalized spacial score (nSPS) is 13.7. The summed E-state index contributed by atoms with van der Waals surface area (Å²) < 4.78 is 42.6. The van der Waals surface area contributed by atoms with Gasteiger partial charge in [0.15, 0.2) is 0 Å². The van der Waals surface area contributed by atoms with Crippen LogP contribution in [0.25, 0.3) is 0 Å². The van der Waals surface area contributed by atoms with Crippen molar-refractivity contribution in [3.63, 3.8) is 0 Å². The number of aryl methyl sites for hydroxylation is 1. The lowest BCUT2D eigenvalue weighted by atomic mass is 10.0. The Labute approximate surface area is 123 Å². The maximum atomic E-state index is 12.0. The molecule has 0 fully saturated rings. The fourth-order valence-corrected chi connectivity index (χ4v) is 2.37. The first-order valence-corrected chi connectivity index (χ1v) is 7.24. The number of halogens is 3. The molecule has 0 saturated heterocycles. The number of nitrogens with one attached hydrogen (secondary N) is 1. The largest absolute Gasteiger partial charge is 0.411 e. The second-order valence-electron chi connectivity index (χ2n) is 4.92. The molecule has 0 aromatic carbocycles. The first-order valence-electron chi connectivity index (χ1n) is 7.24. The highest BCUT2D eigenvalue weighted by Crippen LogP contribution is 2.23. The van der Waals surface area contributed by atoms with Crippen LogP contribution in [0.15, 0.2) is 0 Å². The van der Waals surface area contributed by atoms with Crippen molar-refractivity contribution in [1.29, 1.82) is 0 Å². The van der Waals surface area contributed by atoms with Crippen molar-refractivity contribution in [3.05, 3.63) is 17.0 Å². The van der Waals surface area contributed by atoms with Gasteiger partial charge in [-0.15, -0.1) is 0 Å². The summed E-state index contributed by atoms with van der Waals surface area (Å²) in [5, 5.41) is 7.72. The Kier molecular flexibility index (Phi) is 6.67. The van der Waals surface area contributed by atoms with E-state index in [0.29, 0.717) is 6.54 Å². The molecular weight excluding hydrogens is 283 g/mol. The van der Waals surface area contributed by atoms with Crippen LogP contribution in [-0.2, 0) is 24.1 Å². The maximum Gasteiger partial charge on any atom is 0.411 e. The van der Waals surface area contributed by atoms with Gasteiger partial charge < -0.3 is 10.1 Å². The predicted octanol–water partition coefficient (Wildman–Crippen LogP) is 2.87. The van der Waals surface area contributed by atoms with Crippen molar-refractivity contribution >= 4 is 0 Å². The molecule has 0 bridgehead atoms. The van der Waals surface area contributed by atoms with Crippen LogP contribution in [0.4, 0.5) is 13.2 Å². The van der Waals surface area contributed by atoms with Gasteiger partial charge in [-0.25, -0.2) is 0 Å². The third-order valence-corrected chi connectivity index (χ3v) is 3.42. The molecule has 1 aromatic heterocycles. The molecule has 122 valence electrons. The molecule has 0 saturated carbocycles. The number of aromatic nitrogens is 2. The van der Waals surface area contributed by atoms with E-state index in [1.54, 1.807) is 4.68 Å². The van der Waals surface area contributed by atoms with Crippen LogP contribution in [0.2, 0.25) is 0 Å². The van der Waals surface area contributed by atoms with Crippen LogP contribution in [0.3, 0.4) is 0 Å². The van der Waals surface area contributed by atoms with Crippen molar-refractivity contribution in [3.8, 4) is 0 Å². The molecule has 0 aliphatic heterocycles. The summed E-state index contributed by atoms with van der Waals surface area (Å²) in [6.45, 7) is 5.23. The van der Waals surface area contributed by atoms with Gasteiger partial charge >= 0.3 is 6.18 Å². The van der Waals surface area contributed by atoms with Gasteiger partial charge in [0.2, 0.25) is 0 Å². The Morgan fingerprint density at radius 3 is 2.43 bits per heavy atom. The van der Waals surface area contributed by atoms with Crippen molar-refractivity contribution < 1.29 is 17.9 Å². The van der Waals surface area contributed by atoms with Gasteiger partial charge in [0.25, 0.3) is 0 Å². The third kappa shape index (κ3) is 5.00. The summed E-state index contributed by atoms with van der Waals surface area (Å²) in [5.41, 5.74) is 3.20. The Bertz CT molecular complexity index is 443. The molecule has 7 heteroatoms. The molecule has 1 unspecified atom stereocenters. The Morgan fingerprint density at radius 1 is 1.29 bits per heavy atom. The quantitative estimate of drug-likeness (QED) is 0.751. The number of hydrogen-bond acceptors (Lipinski definition) is 3. The minimum atomic E-state index is -4.28. The van der Waals surface area contributed by atoms with Crippen LogP contribution < -0.4 is 5.32 Å². The van der Waals surface area contributed by atoms with Gasteiger partial charge in [-0.05, 0) is 26.8 Å². The fraction of sp³-hybridized carbons (Fsp3) is 0.786. The van der Waals surface area contributed by atoms with Crippen LogP contribution in [-0.4, -0.2) is 36.2 Å². The molecule has 1 aromatic rings. The molecule has 4 nitrogen and oxygen atoms in total. The van der Waals surface area contributed by atoms with Crippen molar-refractivity contribution in [1.82, 2.24) is 15.1 Å². The number of hydrogen-bond donors (Lipinski definition) is 1. The zero-order chi connectivity index (χ0) is 16.0. The monoisotopic (exact) mass is 307 g/mol. The third-order valence-electron chi connectivity index (χ3n) is 3.42. The predicted molar refractivity (Wildman–Crippen MR) is 75.3 cm³/mol. The molecular formula is C14H24F3N3O. The van der Waals surface area contributed by atoms with E-state index in [1.807, 2.05) is 20.9 Å². The van der Waals surface area contributed by atoms with E-state index >= 15 is 0 Å². The average molecular weight is 307 g/mol. The highest BCUT2D eigenvalue weighted by Gasteiger charge is 2.27. The Hall–Kier alpha value is -1.08. The highest BCUT2D eigenvalue weighted by molar-refractivity contribution is 5.30. The highest BCUT2D eigenvalue weighted by atomic mass is 19.4. The van der Waals surface area contributed by atoms with Gasteiger partial charge in [-0.2, -0.15) is 18.3 Å². The summed E-state index contributed by atoms with van der Waals surface area (Å²) in [6, 6.07) is 0.166. The fourth-order valence-electron chi connectivity index (χ4n) is 2.37. The minimum absolute atomic E-state index is 0.00468. The SMILES string of the molecule is CCc1nn(CCOCC(F)(F)F)c(CC)c1C(C)NC. The van der Waals surface area contributed by atoms with Gasteiger partial charge in [-0.1, -0.05) is 13.8 Å². The van der Waals surface area contributed by atoms with Crippen LogP contribution in [0.5, 0.6) is 0 Å². The summed E-state index contributed by atoms with van der Waals surface area (Å²) >= 11 is 0. The van der Waals surface area contributed by atoms with E-state index in [9.17, 15) is 13.2 Å². The van der Waals surface area contributed by atoms with Gasteiger partial charge in [0, 0.05) is 17.3 Å². The van der Waals surface area contributed by atoms with E-state index < -0.39 is 12.8 Å². The lowest BCUT2D eigenvalue weighted by Gasteiger charge is -2.14. The van der Waals surface area contributed by atoms with E-state index in [0.717, 1.165) is 29.8 Å². The van der Waals surface area contributed by atoms with Crippen molar-refractivity contribution in [2.24, 2.45) is 0 Å². The number of ether oxygens (including phenoxy) is 1. The zero-order valence-corrected chi connectivity index (χ0v) is 13.0. The van der Waals surface area contributed by atoms with Crippen molar-refractivity contribution in [2.45, 2.75) is 52.4 Å². The molecule has 1 N–H and O–H groups in total. The summed E-state index contributed by atoms with van der Waals surface area (Å²) in [7, 11) is 1.88. The maximum absolute atomic E-state index is 12.0. The summed E-state index contributed by atoms with van der Waals surface area (Å²) in [6.07, 6.45) is -2.70. The van der Waals surface area contributed by atoms with E-state index in [4.69, 9.17) is 0 Å². The second-order valence-corrected chi connectivity index (χ2v) is 4.92. The number of alkyl halides is 3. The molecule has 21 heavy (non-hydrogen) atoms. The molecule has 0 aliphatic rings. The standard InChI is InChI=1S/C14H24F3N3O/c1-5-11-13(10(3)18-4)12(6-2)20(19-11)7-8-21-9-14(15,16)17/h10,18H,5-9H2,1-4H3. The molecule has 1 atom stereocenters. The van der Waals surface area contributed by atoms with Crippen LogP contribution in [0.1, 0.15) is 43.8 Å². The number of nitrogens with zero attached hydrogens (tertiary/aromatic N) is 2. The van der Waals surface area contributed by atoms with E-state index in [-0.39, 0.29) is 12.6 Å². The summed E-state index contributed by atoms with van der Waals surface area (Å²) in [4.78, 5) is 0. The number of rotatable bonds is 8. The topological polar surface area (TPSA) is 39.1 Å². The van der Waals surface area contributed by atoms with E-state index in [1.165, 1.54) is 0 Å². The van der Waals surface area contributed by atoms with Gasteiger partial charge in [0.1, 0.15) is 6.61 Å². The first-order chi connectivity index (χ1) is 9.84.